The molecule has 4 heteroatoms. The fraction of sp³-hybridized carbons (Fsp3) is 0.0526. The van der Waals surface area contributed by atoms with E-state index in [1.54, 1.807) is 24.4 Å². The molecule has 0 aliphatic carbocycles. The topological polar surface area (TPSA) is 43.6 Å². The molecule has 0 N–H and O–H groups in total. The van der Waals surface area contributed by atoms with Crippen LogP contribution in [-0.2, 0) is 4.74 Å². The Balaban J connectivity index is 1.87. The number of rotatable bonds is 4. The normalized spacial score (nSPS) is 10.8. The van der Waals surface area contributed by atoms with Crippen molar-refractivity contribution in [1.29, 1.82) is 0 Å². The number of hydrogen-bond acceptors (Lipinski definition) is 3. The highest BCUT2D eigenvalue weighted by atomic mass is 16.5. The monoisotopic (exact) mass is 304 g/mol. The summed E-state index contributed by atoms with van der Waals surface area (Å²) < 4.78 is 6.77. The van der Waals surface area contributed by atoms with Gasteiger partial charge in [0.25, 0.3) is 0 Å². The lowest BCUT2D eigenvalue weighted by atomic mass is 10.2. The standard InChI is InChI=1S/C19H16N2O2/c1-23-19(22)15-7-5-8-16(13-15)20-14-18-11-6-12-21(18)17-9-3-2-4-10-17/h2-14H,1H3. The number of para-hydroxylation sites is 1. The van der Waals surface area contributed by atoms with Crippen molar-refractivity contribution in [2.75, 3.05) is 7.11 Å². The molecule has 3 aromatic rings. The molecule has 1 heterocycles. The van der Waals surface area contributed by atoms with Crippen molar-refractivity contribution in [3.05, 3.63) is 84.2 Å². The Morgan fingerprint density at radius 3 is 2.65 bits per heavy atom. The number of methoxy groups -OCH3 is 1. The van der Waals surface area contributed by atoms with Gasteiger partial charge in [0.2, 0.25) is 0 Å². The van der Waals surface area contributed by atoms with Gasteiger partial charge in [0.15, 0.2) is 0 Å². The van der Waals surface area contributed by atoms with Gasteiger partial charge in [-0.15, -0.1) is 0 Å². The Morgan fingerprint density at radius 2 is 1.87 bits per heavy atom. The lowest BCUT2D eigenvalue weighted by Crippen LogP contribution is -2.00. The molecule has 0 aliphatic heterocycles. The Labute approximate surface area is 134 Å². The molecule has 0 bridgehead atoms. The first-order valence-electron chi connectivity index (χ1n) is 7.23. The van der Waals surface area contributed by atoms with Crippen LogP contribution in [0.2, 0.25) is 0 Å². The molecule has 0 amide bonds. The number of carbonyl (C=O) groups is 1. The molecule has 1 aromatic heterocycles. The van der Waals surface area contributed by atoms with E-state index in [1.807, 2.05) is 59.3 Å². The maximum atomic E-state index is 11.6. The van der Waals surface area contributed by atoms with Crippen molar-refractivity contribution in [2.45, 2.75) is 0 Å². The summed E-state index contributed by atoms with van der Waals surface area (Å²) in [7, 11) is 1.37. The van der Waals surface area contributed by atoms with Crippen molar-refractivity contribution in [3.63, 3.8) is 0 Å². The maximum absolute atomic E-state index is 11.6. The number of nitrogens with zero attached hydrogens (tertiary/aromatic N) is 2. The van der Waals surface area contributed by atoms with Crippen LogP contribution >= 0.6 is 0 Å². The lowest BCUT2D eigenvalue weighted by molar-refractivity contribution is 0.0601. The first-order valence-corrected chi connectivity index (χ1v) is 7.23. The highest BCUT2D eigenvalue weighted by Gasteiger charge is 2.05. The molecule has 23 heavy (non-hydrogen) atoms. The van der Waals surface area contributed by atoms with Gasteiger partial charge in [-0.1, -0.05) is 24.3 Å². The first kappa shape index (κ1) is 14.8. The molecule has 114 valence electrons. The second-order valence-corrected chi connectivity index (χ2v) is 4.94. The predicted molar refractivity (Wildman–Crippen MR) is 90.8 cm³/mol. The molecule has 0 radical (unpaired) electrons. The van der Waals surface area contributed by atoms with Crippen molar-refractivity contribution < 1.29 is 9.53 Å². The second-order valence-electron chi connectivity index (χ2n) is 4.94. The van der Waals surface area contributed by atoms with Gasteiger partial charge in [0.1, 0.15) is 0 Å². The van der Waals surface area contributed by atoms with Crippen molar-refractivity contribution in [1.82, 2.24) is 4.57 Å². The first-order chi connectivity index (χ1) is 11.3. The van der Waals surface area contributed by atoms with Gasteiger partial charge in [0, 0.05) is 11.9 Å². The van der Waals surface area contributed by atoms with Crippen LogP contribution in [0.3, 0.4) is 0 Å². The zero-order chi connectivity index (χ0) is 16.1. The number of ether oxygens (including phenoxy) is 1. The van der Waals surface area contributed by atoms with E-state index in [9.17, 15) is 4.79 Å². The second kappa shape index (κ2) is 6.75. The average molecular weight is 304 g/mol. The fourth-order valence-electron chi connectivity index (χ4n) is 2.29. The van der Waals surface area contributed by atoms with E-state index < -0.39 is 0 Å². The Kier molecular flexibility index (Phi) is 4.34. The number of aliphatic imine (C=N–C) groups is 1. The highest BCUT2D eigenvalue weighted by Crippen LogP contribution is 2.16. The number of esters is 1. The summed E-state index contributed by atoms with van der Waals surface area (Å²) in [4.78, 5) is 16.0. The van der Waals surface area contributed by atoms with Gasteiger partial charge in [0.05, 0.1) is 30.3 Å². The third-order valence-corrected chi connectivity index (χ3v) is 3.43. The summed E-state index contributed by atoms with van der Waals surface area (Å²) in [5.41, 5.74) is 3.22. The maximum Gasteiger partial charge on any atom is 0.337 e. The largest absolute Gasteiger partial charge is 0.465 e. The van der Waals surface area contributed by atoms with Crippen LogP contribution in [0.15, 0.2) is 77.9 Å². The molecule has 0 unspecified atom stereocenters. The lowest BCUT2D eigenvalue weighted by Gasteiger charge is -2.05. The number of aromatic nitrogens is 1. The van der Waals surface area contributed by atoms with E-state index in [1.165, 1.54) is 7.11 Å². The van der Waals surface area contributed by atoms with Gasteiger partial charge in [-0.2, -0.15) is 0 Å². The van der Waals surface area contributed by atoms with E-state index in [2.05, 4.69) is 4.99 Å². The highest BCUT2D eigenvalue weighted by molar-refractivity contribution is 5.90. The molecule has 4 nitrogen and oxygen atoms in total. The third-order valence-electron chi connectivity index (χ3n) is 3.43. The smallest absolute Gasteiger partial charge is 0.337 e. The van der Waals surface area contributed by atoms with Gasteiger partial charge >= 0.3 is 5.97 Å². The molecule has 2 aromatic carbocycles. The van der Waals surface area contributed by atoms with Crippen LogP contribution in [0.4, 0.5) is 5.69 Å². The summed E-state index contributed by atoms with van der Waals surface area (Å²) in [5, 5.41) is 0. The van der Waals surface area contributed by atoms with Crippen LogP contribution in [0.25, 0.3) is 5.69 Å². The SMILES string of the molecule is COC(=O)c1cccc(N=Cc2cccn2-c2ccccc2)c1. The number of hydrogen-bond donors (Lipinski definition) is 0. The summed E-state index contributed by atoms with van der Waals surface area (Å²) in [6.45, 7) is 0. The molecule has 0 aliphatic rings. The molecular weight excluding hydrogens is 288 g/mol. The fourth-order valence-corrected chi connectivity index (χ4v) is 2.29. The van der Waals surface area contributed by atoms with E-state index in [0.717, 1.165) is 11.4 Å². The summed E-state index contributed by atoms with van der Waals surface area (Å²) in [5.74, 6) is -0.366. The Morgan fingerprint density at radius 1 is 1.04 bits per heavy atom. The van der Waals surface area contributed by atoms with Gasteiger partial charge < -0.3 is 9.30 Å². The summed E-state index contributed by atoms with van der Waals surface area (Å²) >= 11 is 0. The average Bonchev–Trinajstić information content (AvgIpc) is 3.09. The van der Waals surface area contributed by atoms with Crippen LogP contribution in [-0.4, -0.2) is 23.9 Å². The van der Waals surface area contributed by atoms with Gasteiger partial charge in [-0.3, -0.25) is 4.99 Å². The van der Waals surface area contributed by atoms with E-state index in [4.69, 9.17) is 4.74 Å². The Bertz CT molecular complexity index is 835. The minimum atomic E-state index is -0.366. The molecular formula is C19H16N2O2. The molecule has 0 saturated heterocycles. The van der Waals surface area contributed by atoms with Crippen LogP contribution in [0.5, 0.6) is 0 Å². The molecule has 0 atom stereocenters. The summed E-state index contributed by atoms with van der Waals surface area (Å²) in [6, 6.07) is 21.1. The van der Waals surface area contributed by atoms with Crippen molar-refractivity contribution in [3.8, 4) is 5.69 Å². The quantitative estimate of drug-likeness (QED) is 0.540. The van der Waals surface area contributed by atoms with E-state index in [-0.39, 0.29) is 5.97 Å². The molecule has 0 fully saturated rings. The molecule has 3 rings (SSSR count). The number of benzene rings is 2. The zero-order valence-corrected chi connectivity index (χ0v) is 12.7. The minimum Gasteiger partial charge on any atom is -0.465 e. The molecule has 0 spiro atoms. The molecule has 0 saturated carbocycles. The van der Waals surface area contributed by atoms with Crippen LogP contribution < -0.4 is 0 Å². The third kappa shape index (κ3) is 3.37. The van der Waals surface area contributed by atoms with Crippen LogP contribution in [0, 0.1) is 0 Å². The minimum absolute atomic E-state index is 0.366. The van der Waals surface area contributed by atoms with Crippen molar-refractivity contribution in [2.24, 2.45) is 4.99 Å². The van der Waals surface area contributed by atoms with Crippen molar-refractivity contribution >= 4 is 17.9 Å². The zero-order valence-electron chi connectivity index (χ0n) is 12.7. The Hall–Kier alpha value is -3.14. The van der Waals surface area contributed by atoms with Gasteiger partial charge in [-0.25, -0.2) is 4.79 Å². The summed E-state index contributed by atoms with van der Waals surface area (Å²) in [6.07, 6.45) is 3.77. The van der Waals surface area contributed by atoms with E-state index in [0.29, 0.717) is 11.3 Å². The number of carbonyl (C=O) groups excluding carboxylic acids is 1. The van der Waals surface area contributed by atoms with Gasteiger partial charge in [-0.05, 0) is 42.5 Å². The van der Waals surface area contributed by atoms with Crippen LogP contribution in [0.1, 0.15) is 16.1 Å². The predicted octanol–water partition coefficient (Wildman–Crippen LogP) is 4.01. The van der Waals surface area contributed by atoms with E-state index >= 15 is 0 Å².